The third-order valence-corrected chi connectivity index (χ3v) is 0. The van der Waals surface area contributed by atoms with E-state index in [-0.39, 0.29) is 41.5 Å². The van der Waals surface area contributed by atoms with E-state index in [1.807, 2.05) is 0 Å². The molecule has 0 aliphatic carbocycles. The Morgan fingerprint density at radius 1 is 0.714 bits per heavy atom. The molecule has 0 saturated carbocycles. The number of carboxylic acids is 3. The molecule has 0 spiro atoms. The van der Waals surface area contributed by atoms with Crippen LogP contribution in [0, 0.1) is 0 Å². The number of hydrogen-bond donors (Lipinski definition) is 3. The normalized spacial score (nSPS) is 5.36. The van der Waals surface area contributed by atoms with E-state index < -0.39 is 17.9 Å². The maximum absolute atomic E-state index is 9.00. The van der Waals surface area contributed by atoms with Gasteiger partial charge in [0.05, 0.1) is 0 Å². The Morgan fingerprint density at radius 3 is 0.714 bits per heavy atom. The molecule has 0 aliphatic heterocycles. The van der Waals surface area contributed by atoms with Crippen LogP contribution in [0.5, 0.6) is 0 Å². The van der Waals surface area contributed by atoms with Crippen LogP contribution in [-0.4, -0.2) is 57.7 Å². The molecule has 0 aliphatic rings. The van der Waals surface area contributed by atoms with Crippen molar-refractivity contribution in [1.29, 1.82) is 0 Å². The molecule has 8 heteroatoms. The van der Waals surface area contributed by atoms with E-state index in [9.17, 15) is 0 Å². The fourth-order valence-corrected chi connectivity index (χ4v) is 0. The van der Waals surface area contributed by atoms with Crippen LogP contribution in [0.3, 0.4) is 0 Å². The molecule has 1 radical (unpaired) electrons. The zero-order valence-corrected chi connectivity index (χ0v) is 13.4. The molecule has 3 N–H and O–H groups in total. The van der Waals surface area contributed by atoms with Crippen molar-refractivity contribution in [3.05, 3.63) is 0 Å². The van der Waals surface area contributed by atoms with Crippen LogP contribution >= 0.6 is 0 Å². The second kappa shape index (κ2) is 23.0. The fourth-order valence-electron chi connectivity index (χ4n) is 0. The van der Waals surface area contributed by atoms with Gasteiger partial charge in [0, 0.05) is 37.8 Å². The standard InChI is InChI=1S/3C2H4O2.Mn.Sb.3H/c3*1-2(3)4;;;;;/h3*1H3,(H,3,4);;;;;. The fraction of sp³-hybridized carbons (Fsp3) is 0.500. The van der Waals surface area contributed by atoms with Crippen LogP contribution in [0.2, 0.25) is 0 Å². The molecule has 0 aromatic carbocycles. The summed E-state index contributed by atoms with van der Waals surface area (Å²) in [5.74, 6) is -2.50. The van der Waals surface area contributed by atoms with Gasteiger partial charge in [0.1, 0.15) is 0 Å². The predicted octanol–water partition coefficient (Wildman–Crippen LogP) is -0.914. The molecule has 0 atom stereocenters. The van der Waals surface area contributed by atoms with E-state index in [0.717, 1.165) is 20.8 Å². The molecule has 0 saturated heterocycles. The first-order valence-corrected chi connectivity index (χ1v) is 2.78. The molecule has 0 fully saturated rings. The molecule has 6 nitrogen and oxygen atoms in total. The van der Waals surface area contributed by atoms with Crippen LogP contribution < -0.4 is 0 Å². The van der Waals surface area contributed by atoms with Gasteiger partial charge in [0.25, 0.3) is 17.9 Å². The predicted molar refractivity (Wildman–Crippen MR) is 49.9 cm³/mol. The molecule has 0 aromatic heterocycles. The Bertz CT molecular complexity index is 120. The van der Waals surface area contributed by atoms with Gasteiger partial charge in [0.15, 0.2) is 0 Å². The van der Waals surface area contributed by atoms with Crippen molar-refractivity contribution >= 4 is 42.3 Å². The first kappa shape index (κ1) is 29.2. The number of carbonyl (C=O) groups is 3. The molecule has 0 amide bonds. The number of hydrogen-bond acceptors (Lipinski definition) is 3. The zero-order valence-electron chi connectivity index (χ0n) is 8.15. The molecule has 0 rings (SSSR count). The van der Waals surface area contributed by atoms with E-state index in [2.05, 4.69) is 0 Å². The summed E-state index contributed by atoms with van der Waals surface area (Å²) in [6, 6.07) is 0. The van der Waals surface area contributed by atoms with Crippen molar-refractivity contribution in [3.63, 3.8) is 0 Å². The van der Waals surface area contributed by atoms with E-state index in [4.69, 9.17) is 29.7 Å². The average Bonchev–Trinajstić information content (AvgIpc) is 1.54. The summed E-state index contributed by atoms with van der Waals surface area (Å²) in [6.07, 6.45) is 0. The third-order valence-electron chi connectivity index (χ3n) is 0. The van der Waals surface area contributed by atoms with Crippen LogP contribution in [0.25, 0.3) is 0 Å². The Balaban J connectivity index is -0.0000000270. The van der Waals surface area contributed by atoms with Gasteiger partial charge in [-0.25, -0.2) is 0 Å². The van der Waals surface area contributed by atoms with Gasteiger partial charge in [-0.1, -0.05) is 0 Å². The number of rotatable bonds is 0. The van der Waals surface area contributed by atoms with Crippen molar-refractivity contribution in [3.8, 4) is 0 Å². The van der Waals surface area contributed by atoms with Gasteiger partial charge < -0.3 is 15.3 Å². The summed E-state index contributed by atoms with van der Waals surface area (Å²) < 4.78 is 0. The number of aliphatic carboxylic acids is 3. The Morgan fingerprint density at radius 2 is 0.714 bits per heavy atom. The van der Waals surface area contributed by atoms with Crippen LogP contribution in [0.4, 0.5) is 0 Å². The van der Waals surface area contributed by atoms with E-state index >= 15 is 0 Å². The van der Waals surface area contributed by atoms with E-state index in [1.54, 1.807) is 0 Å². The topological polar surface area (TPSA) is 112 Å². The van der Waals surface area contributed by atoms with Gasteiger partial charge >= 0.3 is 24.4 Å². The second-order valence-electron chi connectivity index (χ2n) is 1.56. The quantitative estimate of drug-likeness (QED) is 0.483. The van der Waals surface area contributed by atoms with Gasteiger partial charge in [-0.3, -0.25) is 14.4 Å². The van der Waals surface area contributed by atoms with Crippen LogP contribution in [0.1, 0.15) is 20.8 Å². The molecule has 0 heterocycles. The minimum absolute atomic E-state index is 0. The van der Waals surface area contributed by atoms with Crippen molar-refractivity contribution in [2.75, 3.05) is 0 Å². The Labute approximate surface area is 110 Å². The minimum atomic E-state index is -0.833. The monoisotopic (exact) mass is 359 g/mol. The summed E-state index contributed by atoms with van der Waals surface area (Å²) in [7, 11) is 0. The molecular weight excluding hydrogens is 345 g/mol. The van der Waals surface area contributed by atoms with Gasteiger partial charge in [0.2, 0.25) is 0 Å². The Hall–Kier alpha value is -0.252. The molecule has 87 valence electrons. The second-order valence-corrected chi connectivity index (χ2v) is 1.56. The van der Waals surface area contributed by atoms with Gasteiger partial charge in [-0.05, 0) is 0 Å². The zero-order chi connectivity index (χ0) is 10.7. The van der Waals surface area contributed by atoms with Gasteiger partial charge in [-0.2, -0.15) is 0 Å². The van der Waals surface area contributed by atoms with Gasteiger partial charge in [-0.15, -0.1) is 0 Å². The summed E-state index contributed by atoms with van der Waals surface area (Å²) in [4.78, 5) is 27.0. The first-order valence-electron chi connectivity index (χ1n) is 2.78. The summed E-state index contributed by atoms with van der Waals surface area (Å²) in [5, 5.41) is 22.2. The third kappa shape index (κ3) is 21300. The average molecular weight is 360 g/mol. The van der Waals surface area contributed by atoms with Crippen LogP contribution in [-0.2, 0) is 31.5 Å². The molecule has 0 aromatic rings. The van der Waals surface area contributed by atoms with Crippen molar-refractivity contribution in [2.45, 2.75) is 20.8 Å². The van der Waals surface area contributed by atoms with E-state index in [1.165, 1.54) is 0 Å². The van der Waals surface area contributed by atoms with Crippen LogP contribution in [0.15, 0.2) is 0 Å². The molecule has 0 unspecified atom stereocenters. The van der Waals surface area contributed by atoms with Crippen molar-refractivity contribution in [1.82, 2.24) is 0 Å². The molecule has 0 bridgehead atoms. The first-order chi connectivity index (χ1) is 5.20. The molecular formula is C6H15MnO6Sb. The number of carboxylic acid groups (broad SMARTS) is 3. The van der Waals surface area contributed by atoms with Crippen molar-refractivity contribution in [2.24, 2.45) is 0 Å². The molecule has 14 heavy (non-hydrogen) atoms. The Kier molecular flexibility index (Phi) is 47.9. The van der Waals surface area contributed by atoms with E-state index in [0.29, 0.717) is 0 Å². The SMILES string of the molecule is CC(=O)O.CC(=O)O.CC(=O)O.[Mn].[SbH3]. The maximum atomic E-state index is 9.00. The summed E-state index contributed by atoms with van der Waals surface area (Å²) in [6.45, 7) is 3.25. The summed E-state index contributed by atoms with van der Waals surface area (Å²) in [5.41, 5.74) is 0. The van der Waals surface area contributed by atoms with Crippen molar-refractivity contribution < 1.29 is 46.8 Å². The summed E-state index contributed by atoms with van der Waals surface area (Å²) >= 11 is 0.